The van der Waals surface area contributed by atoms with E-state index in [1.54, 1.807) is 6.92 Å². The fraction of sp³-hybridized carbons (Fsp3) is 0.444. The normalized spacial score (nSPS) is 17.2. The molecule has 28 heavy (non-hydrogen) atoms. The van der Waals surface area contributed by atoms with E-state index in [2.05, 4.69) is 20.8 Å². The van der Waals surface area contributed by atoms with Gasteiger partial charge >= 0.3 is 11.7 Å². The molecule has 150 valence electrons. The summed E-state index contributed by atoms with van der Waals surface area (Å²) in [4.78, 5) is 36.2. The molecule has 1 fully saturated rings. The molecule has 3 N–H and O–H groups in total. The topological polar surface area (TPSA) is 118 Å². The number of carbonyl (C=O) groups excluding carboxylic acids is 2. The maximum Gasteiger partial charge on any atom is 0.344 e. The van der Waals surface area contributed by atoms with Crippen molar-refractivity contribution >= 4 is 23.7 Å². The molecule has 9 nitrogen and oxygen atoms in total. The molecule has 0 unspecified atom stereocenters. The van der Waals surface area contributed by atoms with Crippen molar-refractivity contribution in [2.75, 3.05) is 6.61 Å². The summed E-state index contributed by atoms with van der Waals surface area (Å²) in [7, 11) is 0. The van der Waals surface area contributed by atoms with Gasteiger partial charge in [-0.15, -0.1) is 5.10 Å². The molecule has 3 amide bonds. The number of H-pyrrole nitrogens is 1. The van der Waals surface area contributed by atoms with Gasteiger partial charge in [0.05, 0.1) is 17.9 Å². The summed E-state index contributed by atoms with van der Waals surface area (Å²) in [5.74, 6) is -0.463. The quantitative estimate of drug-likeness (QED) is 0.597. The molecule has 0 saturated carbocycles. The van der Waals surface area contributed by atoms with Crippen LogP contribution in [0.4, 0.5) is 4.79 Å². The van der Waals surface area contributed by atoms with E-state index < -0.39 is 17.2 Å². The van der Waals surface area contributed by atoms with Crippen molar-refractivity contribution in [2.45, 2.75) is 49.4 Å². The first-order valence-electron chi connectivity index (χ1n) is 9.09. The summed E-state index contributed by atoms with van der Waals surface area (Å²) >= 11 is 1.11. The Labute approximate surface area is 166 Å². The Bertz CT molecular complexity index is 860. The van der Waals surface area contributed by atoms with Crippen LogP contribution < -0.4 is 16.3 Å². The second-order valence-corrected chi connectivity index (χ2v) is 7.78. The molecule has 2 heterocycles. The van der Waals surface area contributed by atoms with Gasteiger partial charge in [0.1, 0.15) is 0 Å². The van der Waals surface area contributed by atoms with Crippen LogP contribution in [0, 0.1) is 0 Å². The molecule has 0 radical (unpaired) electrons. The van der Waals surface area contributed by atoms with Crippen LogP contribution in [-0.4, -0.2) is 44.7 Å². The van der Waals surface area contributed by atoms with Crippen LogP contribution in [0.3, 0.4) is 0 Å². The molecule has 1 aromatic heterocycles. The predicted molar refractivity (Wildman–Crippen MR) is 104 cm³/mol. The Morgan fingerprint density at radius 1 is 1.39 bits per heavy atom. The number of hydrogen-bond acceptors (Lipinski definition) is 6. The van der Waals surface area contributed by atoms with Crippen molar-refractivity contribution in [3.05, 3.63) is 46.4 Å². The fourth-order valence-electron chi connectivity index (χ4n) is 2.79. The van der Waals surface area contributed by atoms with Gasteiger partial charge in [0.15, 0.2) is 5.16 Å². The molecule has 2 atom stereocenters. The van der Waals surface area contributed by atoms with E-state index in [1.807, 2.05) is 30.3 Å². The second kappa shape index (κ2) is 9.56. The number of nitrogens with zero attached hydrogens (tertiary/aromatic N) is 2. The Morgan fingerprint density at radius 3 is 2.89 bits per heavy atom. The minimum absolute atomic E-state index is 0.0254. The van der Waals surface area contributed by atoms with E-state index in [0.717, 1.165) is 30.2 Å². The number of hydrogen-bond donors (Lipinski definition) is 3. The Kier molecular flexibility index (Phi) is 6.88. The molecule has 1 aliphatic rings. The van der Waals surface area contributed by atoms with E-state index in [9.17, 15) is 14.4 Å². The molecule has 1 aliphatic heterocycles. The van der Waals surface area contributed by atoms with Gasteiger partial charge in [0.25, 0.3) is 0 Å². The highest BCUT2D eigenvalue weighted by atomic mass is 32.2. The number of imide groups is 1. The number of ether oxygens (including phenoxy) is 1. The van der Waals surface area contributed by atoms with E-state index >= 15 is 0 Å². The van der Waals surface area contributed by atoms with Gasteiger partial charge < -0.3 is 10.1 Å². The van der Waals surface area contributed by atoms with Gasteiger partial charge in [-0.3, -0.25) is 14.7 Å². The zero-order valence-electron chi connectivity index (χ0n) is 15.5. The van der Waals surface area contributed by atoms with Crippen molar-refractivity contribution in [1.29, 1.82) is 0 Å². The number of rotatable bonds is 7. The molecule has 0 spiro atoms. The summed E-state index contributed by atoms with van der Waals surface area (Å²) in [5.41, 5.74) is 0.591. The summed E-state index contributed by atoms with van der Waals surface area (Å²) < 4.78 is 7.03. The highest BCUT2D eigenvalue weighted by Gasteiger charge is 2.23. The van der Waals surface area contributed by atoms with E-state index in [0.29, 0.717) is 24.9 Å². The first kappa shape index (κ1) is 20.2. The zero-order chi connectivity index (χ0) is 19.9. The van der Waals surface area contributed by atoms with Gasteiger partial charge in [-0.1, -0.05) is 42.1 Å². The third-order valence-electron chi connectivity index (χ3n) is 4.32. The number of aromatic nitrogens is 3. The van der Waals surface area contributed by atoms with Crippen molar-refractivity contribution < 1.29 is 14.3 Å². The third kappa shape index (κ3) is 5.46. The smallest absolute Gasteiger partial charge is 0.344 e. The van der Waals surface area contributed by atoms with Gasteiger partial charge in [0, 0.05) is 13.2 Å². The molecule has 0 aliphatic carbocycles. The average molecular weight is 405 g/mol. The number of urea groups is 1. The molecule has 10 heteroatoms. The summed E-state index contributed by atoms with van der Waals surface area (Å²) in [6.07, 6.45) is 1.83. The largest absolute Gasteiger partial charge is 0.376 e. The number of benzene rings is 1. The van der Waals surface area contributed by atoms with Gasteiger partial charge in [-0.2, -0.15) is 0 Å². The second-order valence-electron chi connectivity index (χ2n) is 6.47. The summed E-state index contributed by atoms with van der Waals surface area (Å²) in [5, 5.41) is 11.1. The SMILES string of the molecule is C[C@@H](Sc1n[nH]c(=O)n1C[C@@H]1CCCO1)C(=O)NC(=O)NCc1ccccc1. The lowest BCUT2D eigenvalue weighted by Gasteiger charge is -2.14. The van der Waals surface area contributed by atoms with Crippen LogP contribution in [0.15, 0.2) is 40.3 Å². The Hall–Kier alpha value is -2.59. The number of aromatic amines is 1. The number of carbonyl (C=O) groups is 2. The Balaban J connectivity index is 1.51. The predicted octanol–water partition coefficient (Wildman–Crippen LogP) is 1.26. The lowest BCUT2D eigenvalue weighted by Crippen LogP contribution is -2.42. The Morgan fingerprint density at radius 2 is 2.18 bits per heavy atom. The van der Waals surface area contributed by atoms with Crippen molar-refractivity contribution in [3.63, 3.8) is 0 Å². The number of nitrogens with one attached hydrogen (secondary N) is 3. The fourth-order valence-corrected chi connectivity index (χ4v) is 3.66. The van der Waals surface area contributed by atoms with E-state index in [1.165, 1.54) is 4.57 Å². The molecule has 3 rings (SSSR count). The van der Waals surface area contributed by atoms with Gasteiger partial charge in [0.2, 0.25) is 5.91 Å². The number of thioether (sulfide) groups is 1. The van der Waals surface area contributed by atoms with Crippen LogP contribution in [0.2, 0.25) is 0 Å². The molecule has 1 aromatic carbocycles. The van der Waals surface area contributed by atoms with Crippen LogP contribution in [0.25, 0.3) is 0 Å². The van der Waals surface area contributed by atoms with Gasteiger partial charge in [-0.25, -0.2) is 14.7 Å². The standard InChI is InChI=1S/C18H23N5O4S/c1-12(15(24)20-16(25)19-10-13-6-3-2-4-7-13)28-18-22-21-17(26)23(18)11-14-8-5-9-27-14/h2-4,6-7,12,14H,5,8-11H2,1H3,(H,21,26)(H2,19,20,24,25)/t12-,14+/m1/s1. The number of amides is 3. The summed E-state index contributed by atoms with van der Waals surface area (Å²) in [6.45, 7) is 3.06. The van der Waals surface area contributed by atoms with Crippen molar-refractivity contribution in [2.24, 2.45) is 0 Å². The molecular weight excluding hydrogens is 382 g/mol. The van der Waals surface area contributed by atoms with E-state index in [4.69, 9.17) is 4.74 Å². The monoisotopic (exact) mass is 405 g/mol. The maximum atomic E-state index is 12.3. The van der Waals surface area contributed by atoms with Crippen LogP contribution in [-0.2, 0) is 22.6 Å². The summed E-state index contributed by atoms with van der Waals surface area (Å²) in [6, 6.07) is 8.83. The first-order valence-corrected chi connectivity index (χ1v) is 9.97. The molecular formula is C18H23N5O4S. The van der Waals surface area contributed by atoms with Crippen molar-refractivity contribution in [1.82, 2.24) is 25.4 Å². The molecule has 1 saturated heterocycles. The highest BCUT2D eigenvalue weighted by Crippen LogP contribution is 2.22. The minimum Gasteiger partial charge on any atom is -0.376 e. The van der Waals surface area contributed by atoms with Crippen LogP contribution in [0.5, 0.6) is 0 Å². The van der Waals surface area contributed by atoms with E-state index in [-0.39, 0.29) is 11.8 Å². The van der Waals surface area contributed by atoms with Gasteiger partial charge in [-0.05, 0) is 25.3 Å². The highest BCUT2D eigenvalue weighted by molar-refractivity contribution is 8.00. The first-order chi connectivity index (χ1) is 13.5. The average Bonchev–Trinajstić information content (AvgIpc) is 3.32. The third-order valence-corrected chi connectivity index (χ3v) is 5.41. The molecule has 2 aromatic rings. The van der Waals surface area contributed by atoms with Crippen molar-refractivity contribution in [3.8, 4) is 0 Å². The van der Waals surface area contributed by atoms with Crippen LogP contribution >= 0.6 is 11.8 Å². The zero-order valence-corrected chi connectivity index (χ0v) is 16.3. The maximum absolute atomic E-state index is 12.3. The lowest BCUT2D eigenvalue weighted by atomic mass is 10.2. The van der Waals surface area contributed by atoms with Crippen LogP contribution in [0.1, 0.15) is 25.3 Å². The lowest BCUT2D eigenvalue weighted by molar-refractivity contribution is -0.119. The minimum atomic E-state index is -0.610. The molecule has 0 bridgehead atoms.